The van der Waals surface area contributed by atoms with E-state index in [1.54, 1.807) is 18.3 Å². The van der Waals surface area contributed by atoms with E-state index in [2.05, 4.69) is 23.2 Å². The van der Waals surface area contributed by atoms with Crippen LogP contribution in [-0.4, -0.2) is 20.3 Å². The van der Waals surface area contributed by atoms with E-state index >= 15 is 0 Å². The minimum Gasteiger partial charge on any atom is -0.456 e. The van der Waals surface area contributed by atoms with Gasteiger partial charge in [0.05, 0.1) is 22.5 Å². The van der Waals surface area contributed by atoms with E-state index in [9.17, 15) is 9.59 Å². The number of esters is 1. The van der Waals surface area contributed by atoms with Crippen molar-refractivity contribution in [1.82, 2.24) is 14.4 Å². The monoisotopic (exact) mass is 459 g/mol. The minimum atomic E-state index is -0.434. The Morgan fingerprint density at radius 1 is 0.943 bits per heavy atom. The summed E-state index contributed by atoms with van der Waals surface area (Å²) in [5, 5.41) is 0.767. The van der Waals surface area contributed by atoms with Crippen LogP contribution in [-0.2, 0) is 17.8 Å². The second-order valence-corrected chi connectivity index (χ2v) is 8.50. The highest BCUT2D eigenvalue weighted by Crippen LogP contribution is 2.37. The van der Waals surface area contributed by atoms with Gasteiger partial charge in [-0.3, -0.25) is 9.20 Å². The van der Waals surface area contributed by atoms with Crippen molar-refractivity contribution in [3.8, 4) is 0 Å². The van der Waals surface area contributed by atoms with E-state index in [1.807, 2.05) is 48.5 Å². The van der Waals surface area contributed by atoms with Gasteiger partial charge in [-0.05, 0) is 53.8 Å². The predicted octanol–water partition coefficient (Wildman–Crippen LogP) is 5.09. The lowest BCUT2D eigenvalue weighted by Crippen LogP contribution is -2.17. The summed E-state index contributed by atoms with van der Waals surface area (Å²) in [5.41, 5.74) is 5.96. The first-order valence-electron chi connectivity index (χ1n) is 11.5. The smallest absolute Gasteiger partial charge is 0.339 e. The van der Waals surface area contributed by atoms with Crippen LogP contribution in [0.1, 0.15) is 39.3 Å². The van der Waals surface area contributed by atoms with Crippen molar-refractivity contribution in [3.63, 3.8) is 0 Å². The molecule has 0 radical (unpaired) electrons. The van der Waals surface area contributed by atoms with Gasteiger partial charge in [0.2, 0.25) is 0 Å². The lowest BCUT2D eigenvalue weighted by molar-refractivity contribution is 0.0469. The zero-order chi connectivity index (χ0) is 23.8. The van der Waals surface area contributed by atoms with E-state index in [0.29, 0.717) is 23.3 Å². The van der Waals surface area contributed by atoms with Gasteiger partial charge in [-0.15, -0.1) is 0 Å². The molecule has 35 heavy (non-hydrogen) atoms. The summed E-state index contributed by atoms with van der Waals surface area (Å²) >= 11 is 0. The van der Waals surface area contributed by atoms with Gasteiger partial charge in [0.15, 0.2) is 0 Å². The molecule has 0 spiro atoms. The summed E-state index contributed by atoms with van der Waals surface area (Å²) in [7, 11) is 0. The van der Waals surface area contributed by atoms with E-state index in [0.717, 1.165) is 39.7 Å². The fraction of sp³-hybridized carbons (Fsp3) is 0.103. The molecule has 170 valence electrons. The molecule has 0 aliphatic heterocycles. The number of rotatable bonds is 4. The maximum Gasteiger partial charge on any atom is 0.339 e. The molecule has 6 heteroatoms. The number of fused-ring (bicyclic) bond motifs is 3. The Kier molecular flexibility index (Phi) is 5.19. The quantitative estimate of drug-likeness (QED) is 0.350. The third-order valence-corrected chi connectivity index (χ3v) is 6.26. The molecule has 0 atom stereocenters. The average Bonchev–Trinajstić information content (AvgIpc) is 3.28. The Morgan fingerprint density at radius 3 is 2.63 bits per heavy atom. The Labute approximate surface area is 201 Å². The van der Waals surface area contributed by atoms with Crippen LogP contribution in [0, 0.1) is 0 Å². The highest BCUT2D eigenvalue weighted by atomic mass is 16.5. The number of aromatic nitrogens is 3. The fourth-order valence-electron chi connectivity index (χ4n) is 4.65. The van der Waals surface area contributed by atoms with Gasteiger partial charge in [-0.25, -0.2) is 14.8 Å². The maximum absolute atomic E-state index is 13.4. The standard InChI is InChI=1S/C29H21N3O3/c33-26-17-21(30-25-12-6-7-15-32(25)26)18-35-29(34)27-22-10-4-5-11-24(22)31-28-20(13-14-23(27)28)16-19-8-2-1-3-9-19/h1-12,15-17H,13-14,18H2/b20-16+. The van der Waals surface area contributed by atoms with Gasteiger partial charge in [0.1, 0.15) is 12.3 Å². The largest absolute Gasteiger partial charge is 0.456 e. The normalized spacial score (nSPS) is 13.9. The Hall–Kier alpha value is -4.58. The number of benzene rings is 2. The molecule has 0 saturated carbocycles. The van der Waals surface area contributed by atoms with Gasteiger partial charge >= 0.3 is 5.97 Å². The van der Waals surface area contributed by atoms with Crippen LogP contribution in [0.15, 0.2) is 89.9 Å². The lowest BCUT2D eigenvalue weighted by Gasteiger charge is -2.12. The number of allylic oxidation sites excluding steroid dienone is 1. The third-order valence-electron chi connectivity index (χ3n) is 6.26. The summed E-state index contributed by atoms with van der Waals surface area (Å²) in [4.78, 5) is 35.2. The number of ether oxygens (including phenoxy) is 1. The molecule has 2 aromatic carbocycles. The number of pyridine rings is 2. The molecule has 3 heterocycles. The number of hydrogen-bond acceptors (Lipinski definition) is 5. The molecule has 5 aromatic rings. The molecule has 1 aliphatic carbocycles. The molecule has 0 saturated heterocycles. The van der Waals surface area contributed by atoms with Gasteiger partial charge in [0.25, 0.3) is 5.56 Å². The molecular formula is C29H21N3O3. The van der Waals surface area contributed by atoms with Crippen molar-refractivity contribution < 1.29 is 9.53 Å². The first-order chi connectivity index (χ1) is 17.2. The number of hydrogen-bond donors (Lipinski definition) is 0. The van der Waals surface area contributed by atoms with Gasteiger partial charge in [-0.1, -0.05) is 54.6 Å². The van der Waals surface area contributed by atoms with Gasteiger partial charge in [0, 0.05) is 17.6 Å². The summed E-state index contributed by atoms with van der Waals surface area (Å²) in [6.07, 6.45) is 5.31. The summed E-state index contributed by atoms with van der Waals surface area (Å²) < 4.78 is 7.16. The second kappa shape index (κ2) is 8.65. The van der Waals surface area contributed by atoms with Crippen molar-refractivity contribution in [2.75, 3.05) is 0 Å². The minimum absolute atomic E-state index is 0.0857. The molecule has 0 N–H and O–H groups in total. The van der Waals surface area contributed by atoms with Crippen molar-refractivity contribution in [1.29, 1.82) is 0 Å². The summed E-state index contributed by atoms with van der Waals surface area (Å²) in [6, 6.07) is 24.5. The molecule has 1 aliphatic rings. The zero-order valence-electron chi connectivity index (χ0n) is 18.8. The number of nitrogens with zero attached hydrogens (tertiary/aromatic N) is 3. The SMILES string of the molecule is O=C(OCc1cc(=O)n2ccccc2n1)c1c2c(nc3ccccc13)/C(=C/c1ccccc1)CC2. The molecule has 3 aromatic heterocycles. The number of para-hydroxylation sites is 1. The zero-order valence-corrected chi connectivity index (χ0v) is 18.8. The van der Waals surface area contributed by atoms with Crippen LogP contribution >= 0.6 is 0 Å². The highest BCUT2D eigenvalue weighted by Gasteiger charge is 2.27. The number of carbonyl (C=O) groups is 1. The maximum atomic E-state index is 13.4. The van der Waals surface area contributed by atoms with Crippen molar-refractivity contribution >= 4 is 34.2 Å². The Balaban J connectivity index is 1.38. The predicted molar refractivity (Wildman–Crippen MR) is 135 cm³/mol. The van der Waals surface area contributed by atoms with E-state index in [-0.39, 0.29) is 12.2 Å². The van der Waals surface area contributed by atoms with Crippen LogP contribution in [0.3, 0.4) is 0 Å². The number of carbonyl (C=O) groups excluding carboxylic acids is 1. The van der Waals surface area contributed by atoms with Crippen LogP contribution in [0.4, 0.5) is 0 Å². The van der Waals surface area contributed by atoms with Gasteiger partial charge in [-0.2, -0.15) is 0 Å². The van der Waals surface area contributed by atoms with Crippen LogP contribution in [0.5, 0.6) is 0 Å². The van der Waals surface area contributed by atoms with Crippen LogP contribution in [0.2, 0.25) is 0 Å². The highest BCUT2D eigenvalue weighted by molar-refractivity contribution is 6.07. The van der Waals surface area contributed by atoms with Gasteiger partial charge < -0.3 is 4.74 Å². The van der Waals surface area contributed by atoms with Crippen LogP contribution in [0.25, 0.3) is 28.2 Å². The van der Waals surface area contributed by atoms with Crippen molar-refractivity contribution in [2.45, 2.75) is 19.4 Å². The molecule has 0 fully saturated rings. The first kappa shape index (κ1) is 21.0. The third kappa shape index (κ3) is 3.89. The van der Waals surface area contributed by atoms with E-state index in [4.69, 9.17) is 9.72 Å². The molecule has 6 nitrogen and oxygen atoms in total. The Bertz CT molecular complexity index is 1690. The van der Waals surface area contributed by atoms with Crippen LogP contribution < -0.4 is 5.56 Å². The topological polar surface area (TPSA) is 73.6 Å². The molecule has 0 bridgehead atoms. The van der Waals surface area contributed by atoms with Crippen molar-refractivity contribution in [3.05, 3.63) is 123 Å². The molecule has 6 rings (SSSR count). The van der Waals surface area contributed by atoms with E-state index in [1.165, 1.54) is 10.5 Å². The Morgan fingerprint density at radius 2 is 1.74 bits per heavy atom. The summed E-state index contributed by atoms with van der Waals surface area (Å²) in [6.45, 7) is -0.0857. The average molecular weight is 460 g/mol. The first-order valence-corrected chi connectivity index (χ1v) is 11.5. The second-order valence-electron chi connectivity index (χ2n) is 8.50. The fourth-order valence-corrected chi connectivity index (χ4v) is 4.65. The molecule has 0 amide bonds. The van der Waals surface area contributed by atoms with Crippen molar-refractivity contribution in [2.24, 2.45) is 0 Å². The lowest BCUT2D eigenvalue weighted by atomic mass is 10.0. The molecular weight excluding hydrogens is 438 g/mol. The summed E-state index contributed by atoms with van der Waals surface area (Å²) in [5.74, 6) is -0.434. The molecule has 0 unspecified atom stereocenters. The van der Waals surface area contributed by atoms with E-state index < -0.39 is 5.97 Å².